The van der Waals surface area contributed by atoms with Crippen molar-refractivity contribution in [1.82, 2.24) is 9.80 Å². The second-order valence-electron chi connectivity index (χ2n) is 9.63. The minimum atomic E-state index is -0.363. The molecule has 3 heterocycles. The monoisotopic (exact) mass is 447 g/mol. The van der Waals surface area contributed by atoms with Gasteiger partial charge in [-0.15, -0.1) is 0 Å². The number of nitrogens with zero attached hydrogens (tertiary/aromatic N) is 3. The SMILES string of the molecule is CN1CCN(c2ccc(CC3CCN(C4CCC5(CC4)OCCO5)C3=O)c(Cl)c2)CC1. The Morgan fingerprint density at radius 2 is 1.74 bits per heavy atom. The van der Waals surface area contributed by atoms with Gasteiger partial charge in [0.15, 0.2) is 5.79 Å². The molecule has 170 valence electrons. The molecule has 31 heavy (non-hydrogen) atoms. The van der Waals surface area contributed by atoms with E-state index in [0.29, 0.717) is 25.2 Å². The molecule has 1 spiro atoms. The summed E-state index contributed by atoms with van der Waals surface area (Å²) in [4.78, 5) is 20.1. The standard InChI is InChI=1S/C24H34ClN3O3/c1-26-10-12-27(13-11-26)21-3-2-18(22(25)17-21)16-19-6-9-28(23(19)29)20-4-7-24(8-5-20)30-14-15-31-24/h2-3,17,19-20H,4-16H2,1H3. The molecule has 1 aromatic carbocycles. The number of halogens is 1. The molecule has 0 N–H and O–H groups in total. The van der Waals surface area contributed by atoms with Crippen molar-refractivity contribution in [3.8, 4) is 0 Å². The van der Waals surface area contributed by atoms with E-state index in [1.807, 2.05) is 0 Å². The van der Waals surface area contributed by atoms with Gasteiger partial charge in [0.05, 0.1) is 13.2 Å². The summed E-state index contributed by atoms with van der Waals surface area (Å²) in [7, 11) is 2.16. The highest BCUT2D eigenvalue weighted by Crippen LogP contribution is 2.39. The van der Waals surface area contributed by atoms with E-state index in [0.717, 1.165) is 81.8 Å². The van der Waals surface area contributed by atoms with E-state index in [9.17, 15) is 4.79 Å². The van der Waals surface area contributed by atoms with Crippen molar-refractivity contribution in [1.29, 1.82) is 0 Å². The van der Waals surface area contributed by atoms with Crippen molar-refractivity contribution in [2.24, 2.45) is 5.92 Å². The molecule has 4 fully saturated rings. The van der Waals surface area contributed by atoms with Crippen LogP contribution in [0.1, 0.15) is 37.7 Å². The quantitative estimate of drug-likeness (QED) is 0.709. The van der Waals surface area contributed by atoms with E-state index in [1.165, 1.54) is 5.69 Å². The van der Waals surface area contributed by atoms with Gasteiger partial charge in [0.1, 0.15) is 0 Å². The number of ether oxygens (including phenoxy) is 2. The van der Waals surface area contributed by atoms with Crippen LogP contribution < -0.4 is 4.90 Å². The van der Waals surface area contributed by atoms with Gasteiger partial charge in [-0.3, -0.25) is 4.79 Å². The third-order valence-electron chi connectivity index (χ3n) is 7.69. The maximum Gasteiger partial charge on any atom is 0.226 e. The van der Waals surface area contributed by atoms with Crippen LogP contribution in [0.25, 0.3) is 0 Å². The zero-order valence-corrected chi connectivity index (χ0v) is 19.3. The van der Waals surface area contributed by atoms with E-state index in [-0.39, 0.29) is 11.7 Å². The Morgan fingerprint density at radius 3 is 2.42 bits per heavy atom. The maximum absolute atomic E-state index is 13.2. The molecule has 6 nitrogen and oxygen atoms in total. The Bertz CT molecular complexity index is 795. The molecule has 1 amide bonds. The Morgan fingerprint density at radius 1 is 1.03 bits per heavy atom. The zero-order valence-electron chi connectivity index (χ0n) is 18.5. The predicted molar refractivity (Wildman–Crippen MR) is 122 cm³/mol. The number of amides is 1. The van der Waals surface area contributed by atoms with Gasteiger partial charge in [-0.2, -0.15) is 0 Å². The van der Waals surface area contributed by atoms with Crippen LogP contribution in [0.15, 0.2) is 18.2 Å². The second-order valence-corrected chi connectivity index (χ2v) is 10.0. The summed E-state index contributed by atoms with van der Waals surface area (Å²) < 4.78 is 11.7. The van der Waals surface area contributed by atoms with Crippen LogP contribution in [0.4, 0.5) is 5.69 Å². The van der Waals surface area contributed by atoms with Crippen molar-refractivity contribution in [3.63, 3.8) is 0 Å². The highest BCUT2D eigenvalue weighted by atomic mass is 35.5. The van der Waals surface area contributed by atoms with E-state index >= 15 is 0 Å². The Labute approximate surface area is 190 Å². The summed E-state index contributed by atoms with van der Waals surface area (Å²) in [6.45, 7) is 6.47. The Kier molecular flexibility index (Phi) is 6.17. The summed E-state index contributed by atoms with van der Waals surface area (Å²) in [6.07, 6.45) is 5.39. The second kappa shape index (κ2) is 8.89. The van der Waals surface area contributed by atoms with Crippen molar-refractivity contribution < 1.29 is 14.3 Å². The number of rotatable bonds is 4. The number of piperazine rings is 1. The van der Waals surface area contributed by atoms with Crippen LogP contribution in [0, 0.1) is 5.92 Å². The molecule has 1 saturated carbocycles. The molecular weight excluding hydrogens is 414 g/mol. The summed E-state index contributed by atoms with van der Waals surface area (Å²) in [5, 5.41) is 0.790. The van der Waals surface area contributed by atoms with Crippen LogP contribution >= 0.6 is 11.6 Å². The molecule has 3 saturated heterocycles. The molecule has 1 unspecified atom stereocenters. The van der Waals surface area contributed by atoms with Crippen LogP contribution in [0.3, 0.4) is 0 Å². The molecular formula is C24H34ClN3O3. The van der Waals surface area contributed by atoms with E-state index in [1.54, 1.807) is 0 Å². The van der Waals surface area contributed by atoms with Gasteiger partial charge < -0.3 is 24.2 Å². The van der Waals surface area contributed by atoms with Crippen molar-refractivity contribution in [2.75, 3.05) is 57.9 Å². The van der Waals surface area contributed by atoms with Gasteiger partial charge in [0.25, 0.3) is 0 Å². The predicted octanol–water partition coefficient (Wildman–Crippen LogP) is 3.17. The minimum Gasteiger partial charge on any atom is -0.369 e. The van der Waals surface area contributed by atoms with E-state index in [4.69, 9.17) is 21.1 Å². The van der Waals surface area contributed by atoms with Crippen molar-refractivity contribution >= 4 is 23.2 Å². The number of benzene rings is 1. The average Bonchev–Trinajstić information content (AvgIpc) is 3.38. The summed E-state index contributed by atoms with van der Waals surface area (Å²) in [5.74, 6) is -0.0205. The first-order valence-corrected chi connectivity index (χ1v) is 12.2. The molecule has 1 aliphatic carbocycles. The molecule has 0 bridgehead atoms. The smallest absolute Gasteiger partial charge is 0.226 e. The number of carbonyl (C=O) groups excluding carboxylic acids is 1. The Hall–Kier alpha value is -1.34. The minimum absolute atomic E-state index is 0.0434. The van der Waals surface area contributed by atoms with Crippen molar-refractivity contribution in [2.45, 2.75) is 50.4 Å². The third kappa shape index (κ3) is 4.45. The first-order chi connectivity index (χ1) is 15.0. The fourth-order valence-corrected chi connectivity index (χ4v) is 5.94. The van der Waals surface area contributed by atoms with Gasteiger partial charge in [0.2, 0.25) is 5.91 Å². The third-order valence-corrected chi connectivity index (χ3v) is 8.05. The first-order valence-electron chi connectivity index (χ1n) is 11.8. The van der Waals surface area contributed by atoms with Gasteiger partial charge >= 0.3 is 0 Å². The molecule has 3 aliphatic heterocycles. The number of likely N-dealkylation sites (N-methyl/N-ethyl adjacent to an activating group) is 1. The number of hydrogen-bond donors (Lipinski definition) is 0. The molecule has 1 atom stereocenters. The molecule has 0 radical (unpaired) electrons. The van der Waals surface area contributed by atoms with Gasteiger partial charge in [0, 0.05) is 68.2 Å². The normalized spacial score (nSPS) is 27.5. The summed E-state index contributed by atoms with van der Waals surface area (Å²) >= 11 is 6.67. The number of hydrogen-bond acceptors (Lipinski definition) is 5. The van der Waals surface area contributed by atoms with E-state index in [2.05, 4.69) is 39.9 Å². The summed E-state index contributed by atoms with van der Waals surface area (Å²) in [5.41, 5.74) is 2.28. The van der Waals surface area contributed by atoms with E-state index < -0.39 is 0 Å². The highest BCUT2D eigenvalue weighted by molar-refractivity contribution is 6.31. The van der Waals surface area contributed by atoms with Crippen LogP contribution in [0.2, 0.25) is 5.02 Å². The fourth-order valence-electron chi connectivity index (χ4n) is 5.68. The van der Waals surface area contributed by atoms with Crippen molar-refractivity contribution in [3.05, 3.63) is 28.8 Å². The van der Waals surface area contributed by atoms with Crippen LogP contribution in [-0.4, -0.2) is 80.5 Å². The van der Waals surface area contributed by atoms with Gasteiger partial charge in [-0.1, -0.05) is 17.7 Å². The molecule has 7 heteroatoms. The number of carbonyl (C=O) groups is 1. The van der Waals surface area contributed by atoms with Crippen LogP contribution in [-0.2, 0) is 20.7 Å². The lowest BCUT2D eigenvalue weighted by molar-refractivity contribution is -0.184. The van der Waals surface area contributed by atoms with Gasteiger partial charge in [-0.25, -0.2) is 0 Å². The largest absolute Gasteiger partial charge is 0.369 e. The van der Waals surface area contributed by atoms with Gasteiger partial charge in [-0.05, 0) is 50.4 Å². The average molecular weight is 448 g/mol. The maximum atomic E-state index is 13.2. The number of likely N-dealkylation sites (tertiary alicyclic amines) is 1. The molecule has 1 aromatic rings. The number of anilines is 1. The topological polar surface area (TPSA) is 45.2 Å². The molecule has 4 aliphatic rings. The lowest BCUT2D eigenvalue weighted by Gasteiger charge is -2.39. The van der Waals surface area contributed by atoms with Crippen LogP contribution in [0.5, 0.6) is 0 Å². The summed E-state index contributed by atoms with van der Waals surface area (Å²) in [6, 6.07) is 6.71. The zero-order chi connectivity index (χ0) is 21.4. The molecule has 0 aromatic heterocycles. The Balaban J connectivity index is 1.18. The lowest BCUT2D eigenvalue weighted by Crippen LogP contribution is -2.45. The lowest BCUT2D eigenvalue weighted by atomic mass is 9.89. The first kappa shape index (κ1) is 21.5. The fraction of sp³-hybridized carbons (Fsp3) is 0.708. The highest BCUT2D eigenvalue weighted by Gasteiger charge is 2.44. The molecule has 5 rings (SSSR count).